The fourth-order valence-electron chi connectivity index (χ4n) is 1.65. The molecule has 2 unspecified atom stereocenters. The van der Waals surface area contributed by atoms with Gasteiger partial charge in [0.15, 0.2) is 0 Å². The minimum absolute atomic E-state index is 0.164. The van der Waals surface area contributed by atoms with E-state index in [-0.39, 0.29) is 16.9 Å². The van der Waals surface area contributed by atoms with Crippen LogP contribution in [0.4, 0.5) is 4.39 Å². The lowest BCUT2D eigenvalue weighted by atomic mass is 9.96. The van der Waals surface area contributed by atoms with Crippen LogP contribution in [0.15, 0.2) is 18.2 Å². The fourth-order valence-corrected chi connectivity index (χ4v) is 1.84. The summed E-state index contributed by atoms with van der Waals surface area (Å²) in [6.45, 7) is 2.74. The van der Waals surface area contributed by atoms with Gasteiger partial charge in [-0.3, -0.25) is 0 Å². The number of rotatable bonds is 5. The van der Waals surface area contributed by atoms with Gasteiger partial charge in [0, 0.05) is 6.04 Å². The minimum atomic E-state index is -0.382. The highest BCUT2D eigenvalue weighted by atomic mass is 35.5. The molecule has 0 fully saturated rings. The third-order valence-corrected chi connectivity index (χ3v) is 3.02. The van der Waals surface area contributed by atoms with E-state index >= 15 is 0 Å². The molecule has 0 bridgehead atoms. The van der Waals surface area contributed by atoms with Crippen molar-refractivity contribution in [2.45, 2.75) is 19.4 Å². The van der Waals surface area contributed by atoms with Crippen LogP contribution >= 0.6 is 11.6 Å². The van der Waals surface area contributed by atoms with Gasteiger partial charge in [-0.2, -0.15) is 0 Å². The van der Waals surface area contributed by atoms with E-state index in [1.807, 2.05) is 7.05 Å². The Hall–Kier alpha value is -0.640. The topological polar surface area (TPSA) is 38.0 Å². The molecule has 16 heavy (non-hydrogen) atoms. The summed E-state index contributed by atoms with van der Waals surface area (Å²) < 4.78 is 13.0. The zero-order chi connectivity index (χ0) is 12.1. The van der Waals surface area contributed by atoms with Gasteiger partial charge >= 0.3 is 0 Å². The van der Waals surface area contributed by atoms with Gasteiger partial charge in [-0.25, -0.2) is 4.39 Å². The van der Waals surface area contributed by atoms with Crippen molar-refractivity contribution in [3.05, 3.63) is 34.6 Å². The molecule has 2 atom stereocenters. The summed E-state index contributed by atoms with van der Waals surface area (Å²) in [5, 5.41) is 3.36. The maximum Gasteiger partial charge on any atom is 0.141 e. The molecule has 0 aliphatic carbocycles. The van der Waals surface area contributed by atoms with Crippen LogP contribution < -0.4 is 11.1 Å². The van der Waals surface area contributed by atoms with Crippen molar-refractivity contribution in [3.8, 4) is 0 Å². The van der Waals surface area contributed by atoms with Gasteiger partial charge in [0.1, 0.15) is 5.82 Å². The van der Waals surface area contributed by atoms with Gasteiger partial charge in [-0.15, -0.1) is 0 Å². The molecule has 0 aliphatic rings. The second kappa shape index (κ2) is 6.18. The largest absolute Gasteiger partial charge is 0.330 e. The summed E-state index contributed by atoms with van der Waals surface area (Å²) >= 11 is 5.76. The Morgan fingerprint density at radius 1 is 1.50 bits per heavy atom. The molecular formula is C12H18ClFN2. The van der Waals surface area contributed by atoms with E-state index in [1.165, 1.54) is 6.07 Å². The number of halogens is 2. The average molecular weight is 245 g/mol. The summed E-state index contributed by atoms with van der Waals surface area (Å²) in [7, 11) is 1.88. The lowest BCUT2D eigenvalue weighted by Crippen LogP contribution is -2.22. The van der Waals surface area contributed by atoms with Crippen molar-refractivity contribution in [1.82, 2.24) is 5.32 Å². The van der Waals surface area contributed by atoms with Crippen LogP contribution in [0.5, 0.6) is 0 Å². The van der Waals surface area contributed by atoms with Gasteiger partial charge in [-0.05, 0) is 43.6 Å². The van der Waals surface area contributed by atoms with E-state index in [0.29, 0.717) is 12.5 Å². The Morgan fingerprint density at radius 3 is 2.69 bits per heavy atom. The predicted molar refractivity (Wildman–Crippen MR) is 66.0 cm³/mol. The standard InChI is InChI=1S/C12H18ClFN2/c1-8(7-15)5-12(16-2)9-3-4-11(14)10(13)6-9/h3-4,6,8,12,16H,5,7,15H2,1-2H3. The molecule has 4 heteroatoms. The van der Waals surface area contributed by atoms with Gasteiger partial charge < -0.3 is 11.1 Å². The molecule has 0 radical (unpaired) electrons. The van der Waals surface area contributed by atoms with E-state index in [4.69, 9.17) is 17.3 Å². The molecule has 2 nitrogen and oxygen atoms in total. The van der Waals surface area contributed by atoms with Crippen LogP contribution in [-0.2, 0) is 0 Å². The number of benzene rings is 1. The molecule has 90 valence electrons. The maximum absolute atomic E-state index is 13.0. The van der Waals surface area contributed by atoms with Crippen molar-refractivity contribution in [3.63, 3.8) is 0 Å². The van der Waals surface area contributed by atoms with Crippen LogP contribution in [0.2, 0.25) is 5.02 Å². The first-order chi connectivity index (χ1) is 7.58. The fraction of sp³-hybridized carbons (Fsp3) is 0.500. The molecule has 1 aromatic rings. The van der Waals surface area contributed by atoms with Crippen LogP contribution in [0.3, 0.4) is 0 Å². The average Bonchev–Trinajstić information content (AvgIpc) is 2.29. The maximum atomic E-state index is 13.0. The predicted octanol–water partition coefficient (Wildman–Crippen LogP) is 2.72. The smallest absolute Gasteiger partial charge is 0.141 e. The molecule has 0 amide bonds. The van der Waals surface area contributed by atoms with Crippen molar-refractivity contribution in [2.75, 3.05) is 13.6 Å². The normalized spacial score (nSPS) is 14.8. The van der Waals surface area contributed by atoms with Gasteiger partial charge in [-0.1, -0.05) is 24.6 Å². The SMILES string of the molecule is CNC(CC(C)CN)c1ccc(F)c(Cl)c1. The number of hydrogen-bond acceptors (Lipinski definition) is 2. The molecule has 0 saturated heterocycles. The molecule has 0 aromatic heterocycles. The van der Waals surface area contributed by atoms with Crippen molar-refractivity contribution < 1.29 is 4.39 Å². The zero-order valence-electron chi connectivity index (χ0n) is 9.63. The number of hydrogen-bond donors (Lipinski definition) is 2. The zero-order valence-corrected chi connectivity index (χ0v) is 10.4. The molecular weight excluding hydrogens is 227 g/mol. The highest BCUT2D eigenvalue weighted by Crippen LogP contribution is 2.24. The Kier molecular flexibility index (Phi) is 5.19. The summed E-state index contributed by atoms with van der Waals surface area (Å²) in [5.41, 5.74) is 6.59. The first kappa shape index (κ1) is 13.4. The number of nitrogens with one attached hydrogen (secondary N) is 1. The molecule has 3 N–H and O–H groups in total. The Morgan fingerprint density at radius 2 is 2.19 bits per heavy atom. The highest BCUT2D eigenvalue weighted by Gasteiger charge is 2.14. The van der Waals surface area contributed by atoms with Crippen molar-refractivity contribution in [2.24, 2.45) is 11.7 Å². The van der Waals surface area contributed by atoms with Gasteiger partial charge in [0.25, 0.3) is 0 Å². The van der Waals surface area contributed by atoms with E-state index in [0.717, 1.165) is 12.0 Å². The van der Waals surface area contributed by atoms with E-state index in [2.05, 4.69) is 12.2 Å². The lowest BCUT2D eigenvalue weighted by Gasteiger charge is -2.20. The second-order valence-corrected chi connectivity index (χ2v) is 4.50. The first-order valence-corrected chi connectivity index (χ1v) is 5.78. The van der Waals surface area contributed by atoms with E-state index in [1.54, 1.807) is 12.1 Å². The van der Waals surface area contributed by atoms with Crippen LogP contribution in [0.1, 0.15) is 24.9 Å². The van der Waals surface area contributed by atoms with Crippen LogP contribution in [-0.4, -0.2) is 13.6 Å². The Bertz CT molecular complexity index is 344. The minimum Gasteiger partial charge on any atom is -0.330 e. The molecule has 1 rings (SSSR count). The number of nitrogens with two attached hydrogens (primary N) is 1. The summed E-state index contributed by atoms with van der Waals surface area (Å²) in [6.07, 6.45) is 0.912. The van der Waals surface area contributed by atoms with Gasteiger partial charge in [0.2, 0.25) is 0 Å². The monoisotopic (exact) mass is 244 g/mol. The van der Waals surface area contributed by atoms with E-state index < -0.39 is 0 Å². The van der Waals surface area contributed by atoms with Crippen LogP contribution in [0.25, 0.3) is 0 Å². The molecule has 0 aliphatic heterocycles. The van der Waals surface area contributed by atoms with E-state index in [9.17, 15) is 4.39 Å². The molecule has 1 aromatic carbocycles. The highest BCUT2D eigenvalue weighted by molar-refractivity contribution is 6.30. The third-order valence-electron chi connectivity index (χ3n) is 2.73. The summed E-state index contributed by atoms with van der Waals surface area (Å²) in [4.78, 5) is 0. The summed E-state index contributed by atoms with van der Waals surface area (Å²) in [6, 6.07) is 4.99. The third kappa shape index (κ3) is 3.44. The second-order valence-electron chi connectivity index (χ2n) is 4.09. The first-order valence-electron chi connectivity index (χ1n) is 5.40. The lowest BCUT2D eigenvalue weighted by molar-refractivity contribution is 0.437. The van der Waals surface area contributed by atoms with Gasteiger partial charge in [0.05, 0.1) is 5.02 Å². The van der Waals surface area contributed by atoms with Crippen molar-refractivity contribution in [1.29, 1.82) is 0 Å². The molecule has 0 saturated carbocycles. The Labute approximate surface area is 101 Å². The molecule has 0 spiro atoms. The molecule has 0 heterocycles. The quantitative estimate of drug-likeness (QED) is 0.836. The van der Waals surface area contributed by atoms with Crippen LogP contribution in [0, 0.1) is 11.7 Å². The summed E-state index contributed by atoms with van der Waals surface area (Å²) in [5.74, 6) is 0.0356. The van der Waals surface area contributed by atoms with Crippen molar-refractivity contribution >= 4 is 11.6 Å². The Balaban J connectivity index is 2.82.